The number of nitrogens with one attached hydrogen (secondary N) is 2. The van der Waals surface area contributed by atoms with Crippen molar-refractivity contribution in [2.75, 3.05) is 39.3 Å². The van der Waals surface area contributed by atoms with Gasteiger partial charge >= 0.3 is 0 Å². The summed E-state index contributed by atoms with van der Waals surface area (Å²) in [5, 5.41) is 6.09. The van der Waals surface area contributed by atoms with Crippen LogP contribution < -0.4 is 10.6 Å². The van der Waals surface area contributed by atoms with E-state index in [2.05, 4.69) is 29.4 Å². The maximum atomic E-state index is 12.0. The molecule has 0 amide bonds. The van der Waals surface area contributed by atoms with Crippen LogP contribution in [0.25, 0.3) is 0 Å². The van der Waals surface area contributed by atoms with Crippen LogP contribution in [0.2, 0.25) is 0 Å². The van der Waals surface area contributed by atoms with E-state index in [0.717, 1.165) is 26.2 Å². The molecule has 3 nitrogen and oxygen atoms in total. The Hall–Kier alpha value is -0.260. The molecule has 1 aliphatic rings. The second-order valence-corrected chi connectivity index (χ2v) is 4.57. The molecule has 0 bridgehead atoms. The van der Waals surface area contributed by atoms with Crippen LogP contribution in [-0.4, -0.2) is 56.1 Å². The molecule has 0 aliphatic carbocycles. The highest BCUT2D eigenvalue weighted by molar-refractivity contribution is 4.86. The number of nitrogens with zero attached hydrogens (tertiary/aromatic N) is 1. The van der Waals surface area contributed by atoms with Crippen LogP contribution in [0, 0.1) is 0 Å². The van der Waals surface area contributed by atoms with E-state index in [1.807, 2.05) is 0 Å². The number of hydrogen-bond donors (Lipinski definition) is 2. The third-order valence-corrected chi connectivity index (χ3v) is 2.83. The van der Waals surface area contributed by atoms with E-state index in [0.29, 0.717) is 6.54 Å². The molecule has 0 aromatic rings. The Morgan fingerprint density at radius 2 is 1.93 bits per heavy atom. The quantitative estimate of drug-likeness (QED) is 0.709. The van der Waals surface area contributed by atoms with E-state index < -0.39 is 6.43 Å². The van der Waals surface area contributed by atoms with Crippen LogP contribution in [0.5, 0.6) is 0 Å². The molecule has 0 aromatic heterocycles. The van der Waals surface area contributed by atoms with Crippen molar-refractivity contribution in [2.45, 2.75) is 25.8 Å². The summed E-state index contributed by atoms with van der Waals surface area (Å²) >= 11 is 0. The number of hydrogen-bond acceptors (Lipinski definition) is 3. The number of rotatable bonds is 5. The van der Waals surface area contributed by atoms with E-state index in [-0.39, 0.29) is 12.1 Å². The van der Waals surface area contributed by atoms with Crippen molar-refractivity contribution in [3.8, 4) is 0 Å². The smallest absolute Gasteiger partial charge is 0.250 e. The Morgan fingerprint density at radius 1 is 1.33 bits per heavy atom. The molecule has 0 radical (unpaired) electrons. The molecule has 0 spiro atoms. The first kappa shape index (κ1) is 12.8. The highest BCUT2D eigenvalue weighted by Gasteiger charge is 2.27. The molecule has 0 atom stereocenters. The highest BCUT2D eigenvalue weighted by atomic mass is 19.3. The van der Waals surface area contributed by atoms with Gasteiger partial charge in [0.05, 0.1) is 6.54 Å². The standard InChI is InChI=1S/C10H21F2N3/c1-10(2,8-14-7-9(11)12)15-5-3-13-4-6-15/h9,13-14H,3-8H2,1-2H3. The minimum Gasteiger partial charge on any atom is -0.314 e. The van der Waals surface area contributed by atoms with Crippen molar-refractivity contribution in [1.29, 1.82) is 0 Å². The fraction of sp³-hybridized carbons (Fsp3) is 1.00. The molecule has 1 saturated heterocycles. The zero-order valence-corrected chi connectivity index (χ0v) is 9.52. The molecular formula is C10H21F2N3. The van der Waals surface area contributed by atoms with Gasteiger partial charge in [-0.25, -0.2) is 8.78 Å². The largest absolute Gasteiger partial charge is 0.314 e. The van der Waals surface area contributed by atoms with Crippen molar-refractivity contribution in [2.24, 2.45) is 0 Å². The van der Waals surface area contributed by atoms with Crippen LogP contribution in [0.4, 0.5) is 8.78 Å². The fourth-order valence-corrected chi connectivity index (χ4v) is 1.87. The Kier molecular flexibility index (Phi) is 4.89. The predicted molar refractivity (Wildman–Crippen MR) is 57.4 cm³/mol. The number of alkyl halides is 2. The molecule has 0 unspecified atom stereocenters. The normalized spacial score (nSPS) is 19.8. The molecule has 0 saturated carbocycles. The van der Waals surface area contributed by atoms with Gasteiger partial charge in [-0.3, -0.25) is 4.90 Å². The molecule has 90 valence electrons. The van der Waals surface area contributed by atoms with Gasteiger partial charge in [-0.05, 0) is 13.8 Å². The maximum absolute atomic E-state index is 12.0. The van der Waals surface area contributed by atoms with Crippen LogP contribution in [0.3, 0.4) is 0 Å². The molecule has 1 heterocycles. The lowest BCUT2D eigenvalue weighted by Crippen LogP contribution is -2.57. The van der Waals surface area contributed by atoms with Crippen molar-refractivity contribution >= 4 is 0 Å². The molecule has 1 aliphatic heterocycles. The zero-order chi connectivity index (χ0) is 11.3. The summed E-state index contributed by atoms with van der Waals surface area (Å²) in [5.41, 5.74) is -0.0447. The highest BCUT2D eigenvalue weighted by Crippen LogP contribution is 2.13. The van der Waals surface area contributed by atoms with Gasteiger partial charge in [-0.1, -0.05) is 0 Å². The van der Waals surface area contributed by atoms with Crippen LogP contribution >= 0.6 is 0 Å². The molecule has 15 heavy (non-hydrogen) atoms. The second kappa shape index (κ2) is 5.72. The topological polar surface area (TPSA) is 27.3 Å². The summed E-state index contributed by atoms with van der Waals surface area (Å²) in [6.07, 6.45) is -2.26. The Morgan fingerprint density at radius 3 is 2.47 bits per heavy atom. The summed E-state index contributed by atoms with van der Waals surface area (Å²) in [6, 6.07) is 0. The lowest BCUT2D eigenvalue weighted by molar-refractivity contribution is 0.0915. The van der Waals surface area contributed by atoms with Crippen LogP contribution in [0.15, 0.2) is 0 Å². The Bertz CT molecular complexity index is 180. The van der Waals surface area contributed by atoms with E-state index in [4.69, 9.17) is 0 Å². The van der Waals surface area contributed by atoms with Crippen LogP contribution in [-0.2, 0) is 0 Å². The average Bonchev–Trinajstić information content (AvgIpc) is 2.18. The third-order valence-electron chi connectivity index (χ3n) is 2.83. The van der Waals surface area contributed by atoms with Gasteiger partial charge < -0.3 is 10.6 Å². The summed E-state index contributed by atoms with van der Waals surface area (Å²) in [6.45, 7) is 8.53. The van der Waals surface area contributed by atoms with Gasteiger partial charge in [-0.2, -0.15) is 0 Å². The molecular weight excluding hydrogens is 200 g/mol. The monoisotopic (exact) mass is 221 g/mol. The molecule has 5 heteroatoms. The average molecular weight is 221 g/mol. The summed E-state index contributed by atoms with van der Waals surface area (Å²) in [4.78, 5) is 2.34. The first-order valence-corrected chi connectivity index (χ1v) is 5.47. The van der Waals surface area contributed by atoms with Crippen LogP contribution in [0.1, 0.15) is 13.8 Å². The van der Waals surface area contributed by atoms with E-state index >= 15 is 0 Å². The first-order valence-electron chi connectivity index (χ1n) is 5.47. The number of piperazine rings is 1. The Labute approximate surface area is 90.2 Å². The number of halogens is 2. The fourth-order valence-electron chi connectivity index (χ4n) is 1.87. The Balaban J connectivity index is 2.29. The summed E-state index contributed by atoms with van der Waals surface area (Å²) < 4.78 is 23.9. The van der Waals surface area contributed by atoms with Gasteiger partial charge in [0, 0.05) is 38.3 Å². The zero-order valence-electron chi connectivity index (χ0n) is 9.52. The van der Waals surface area contributed by atoms with Crippen molar-refractivity contribution < 1.29 is 8.78 Å². The molecule has 0 aromatic carbocycles. The van der Waals surface area contributed by atoms with Crippen molar-refractivity contribution in [1.82, 2.24) is 15.5 Å². The van der Waals surface area contributed by atoms with E-state index in [1.54, 1.807) is 0 Å². The van der Waals surface area contributed by atoms with Gasteiger partial charge in [0.2, 0.25) is 0 Å². The molecule has 1 fully saturated rings. The lowest BCUT2D eigenvalue weighted by Gasteiger charge is -2.41. The van der Waals surface area contributed by atoms with Crippen molar-refractivity contribution in [3.63, 3.8) is 0 Å². The SMILES string of the molecule is CC(C)(CNCC(F)F)N1CCNCC1. The summed E-state index contributed by atoms with van der Waals surface area (Å²) in [5.74, 6) is 0. The molecule has 2 N–H and O–H groups in total. The second-order valence-electron chi connectivity index (χ2n) is 4.57. The lowest BCUT2D eigenvalue weighted by atomic mass is 10.0. The van der Waals surface area contributed by atoms with Crippen molar-refractivity contribution in [3.05, 3.63) is 0 Å². The predicted octanol–water partition coefficient (Wildman–Crippen LogP) is 0.525. The van der Waals surface area contributed by atoms with Gasteiger partial charge in [0.1, 0.15) is 0 Å². The third kappa shape index (κ3) is 4.40. The minimum atomic E-state index is -2.26. The minimum absolute atomic E-state index is 0.0447. The molecule has 1 rings (SSSR count). The van der Waals surface area contributed by atoms with Gasteiger partial charge in [-0.15, -0.1) is 0 Å². The van der Waals surface area contributed by atoms with E-state index in [9.17, 15) is 8.78 Å². The first-order chi connectivity index (χ1) is 7.02. The van der Waals surface area contributed by atoms with Gasteiger partial charge in [0.25, 0.3) is 6.43 Å². The summed E-state index contributed by atoms with van der Waals surface area (Å²) in [7, 11) is 0. The maximum Gasteiger partial charge on any atom is 0.250 e. The van der Waals surface area contributed by atoms with Gasteiger partial charge in [0.15, 0.2) is 0 Å². The van der Waals surface area contributed by atoms with E-state index in [1.165, 1.54) is 0 Å².